The van der Waals surface area contributed by atoms with Crippen molar-refractivity contribution in [1.29, 1.82) is 0 Å². The third kappa shape index (κ3) is 3.79. The smallest absolute Gasteiger partial charge is 0.137 e. The Morgan fingerprint density at radius 2 is 2.10 bits per heavy atom. The summed E-state index contributed by atoms with van der Waals surface area (Å²) in [5.74, 6) is -0.219. The van der Waals surface area contributed by atoms with Crippen LogP contribution in [-0.4, -0.2) is 15.6 Å². The average molecular weight is 353 g/mol. The Labute approximate surface area is 132 Å². The van der Waals surface area contributed by atoms with Crippen molar-refractivity contribution in [2.24, 2.45) is 7.05 Å². The Kier molecular flexibility index (Phi) is 4.93. The van der Waals surface area contributed by atoms with E-state index in [2.05, 4.69) is 21.0 Å². The number of hydrogen-bond donors (Lipinski definition) is 0. The van der Waals surface area contributed by atoms with Crippen molar-refractivity contribution in [3.05, 3.63) is 51.0 Å². The number of benzene rings is 1. The van der Waals surface area contributed by atoms with Gasteiger partial charge in [-0.2, -0.15) is 5.10 Å². The molecule has 2 aromatic rings. The topological polar surface area (TPSA) is 34.9 Å². The van der Waals surface area contributed by atoms with Crippen LogP contribution in [-0.2, 0) is 24.7 Å². The molecule has 1 heterocycles. The van der Waals surface area contributed by atoms with Gasteiger partial charge >= 0.3 is 0 Å². The van der Waals surface area contributed by atoms with E-state index < -0.39 is 0 Å². The first-order valence-corrected chi connectivity index (χ1v) is 7.62. The summed E-state index contributed by atoms with van der Waals surface area (Å²) >= 11 is 3.35. The minimum atomic E-state index is -0.319. The van der Waals surface area contributed by atoms with Crippen LogP contribution in [0.5, 0.6) is 0 Å². The quantitative estimate of drug-likeness (QED) is 0.822. The van der Waals surface area contributed by atoms with Crippen LogP contribution in [0.15, 0.2) is 22.7 Å². The van der Waals surface area contributed by atoms with Gasteiger partial charge in [0, 0.05) is 30.1 Å². The molecule has 1 aromatic heterocycles. The molecule has 5 heteroatoms. The van der Waals surface area contributed by atoms with Crippen LogP contribution in [0, 0.1) is 19.7 Å². The highest BCUT2D eigenvalue weighted by atomic mass is 79.9. The van der Waals surface area contributed by atoms with E-state index in [1.165, 1.54) is 12.1 Å². The lowest BCUT2D eigenvalue weighted by molar-refractivity contribution is -0.118. The number of carbonyl (C=O) groups is 1. The molecule has 0 aliphatic carbocycles. The van der Waals surface area contributed by atoms with Gasteiger partial charge in [-0.05, 0) is 49.6 Å². The number of rotatable bonds is 5. The average Bonchev–Trinajstić information content (AvgIpc) is 2.66. The first kappa shape index (κ1) is 15.9. The van der Waals surface area contributed by atoms with Crippen molar-refractivity contribution < 1.29 is 9.18 Å². The highest BCUT2D eigenvalue weighted by Crippen LogP contribution is 2.20. The standard InChI is InChI=1S/C16H18BrFN2O/c1-10-15(11(2)20(3)19-10)6-5-14(21)9-12-8-13(18)4-7-16(12)17/h4,7-8H,5-6,9H2,1-3H3. The zero-order valence-electron chi connectivity index (χ0n) is 12.4. The van der Waals surface area contributed by atoms with Gasteiger partial charge in [-0.25, -0.2) is 4.39 Å². The first-order chi connectivity index (χ1) is 9.88. The van der Waals surface area contributed by atoms with Crippen LogP contribution in [0.25, 0.3) is 0 Å². The number of nitrogens with zero attached hydrogens (tertiary/aromatic N) is 2. The number of carbonyl (C=O) groups excluding carboxylic acids is 1. The summed E-state index contributed by atoms with van der Waals surface area (Å²) in [5.41, 5.74) is 3.88. The van der Waals surface area contributed by atoms with Gasteiger partial charge in [-0.3, -0.25) is 9.48 Å². The number of ketones is 1. The van der Waals surface area contributed by atoms with Crippen LogP contribution >= 0.6 is 15.9 Å². The van der Waals surface area contributed by atoms with Crippen LogP contribution in [0.3, 0.4) is 0 Å². The molecular weight excluding hydrogens is 335 g/mol. The molecule has 0 bridgehead atoms. The van der Waals surface area contributed by atoms with E-state index in [1.807, 2.05) is 25.6 Å². The van der Waals surface area contributed by atoms with Gasteiger partial charge in [0.05, 0.1) is 5.69 Å². The zero-order chi connectivity index (χ0) is 15.6. The second kappa shape index (κ2) is 6.52. The van der Waals surface area contributed by atoms with E-state index in [4.69, 9.17) is 0 Å². The summed E-state index contributed by atoms with van der Waals surface area (Å²) in [6.45, 7) is 3.96. The molecule has 21 heavy (non-hydrogen) atoms. The summed E-state index contributed by atoms with van der Waals surface area (Å²) in [4.78, 5) is 12.1. The number of hydrogen-bond acceptors (Lipinski definition) is 2. The van der Waals surface area contributed by atoms with E-state index in [0.717, 1.165) is 21.4 Å². The van der Waals surface area contributed by atoms with Crippen LogP contribution in [0.1, 0.15) is 28.9 Å². The van der Waals surface area contributed by atoms with Gasteiger partial charge < -0.3 is 0 Å². The monoisotopic (exact) mass is 352 g/mol. The zero-order valence-corrected chi connectivity index (χ0v) is 14.0. The number of Topliss-reactive ketones (excluding diaryl/α,β-unsaturated/α-hetero) is 1. The minimum Gasteiger partial charge on any atom is -0.299 e. The van der Waals surface area contributed by atoms with E-state index in [9.17, 15) is 9.18 Å². The third-order valence-corrected chi connectivity index (χ3v) is 4.48. The Bertz CT molecular complexity index is 679. The minimum absolute atomic E-state index is 0.101. The van der Waals surface area contributed by atoms with Crippen LogP contribution in [0.4, 0.5) is 4.39 Å². The predicted molar refractivity (Wildman–Crippen MR) is 83.8 cm³/mol. The molecule has 0 amide bonds. The predicted octanol–water partition coefficient (Wildman–Crippen LogP) is 3.68. The SMILES string of the molecule is Cc1nn(C)c(C)c1CCC(=O)Cc1cc(F)ccc1Br. The van der Waals surface area contributed by atoms with Crippen LogP contribution in [0.2, 0.25) is 0 Å². The van der Waals surface area contributed by atoms with Crippen molar-refractivity contribution in [3.8, 4) is 0 Å². The Morgan fingerprint density at radius 1 is 1.38 bits per heavy atom. The Balaban J connectivity index is 2.01. The highest BCUT2D eigenvalue weighted by Gasteiger charge is 2.13. The molecule has 0 aliphatic rings. The Hall–Kier alpha value is -1.49. The second-order valence-corrected chi connectivity index (χ2v) is 6.08. The molecule has 0 spiro atoms. The van der Waals surface area contributed by atoms with Crippen molar-refractivity contribution in [1.82, 2.24) is 9.78 Å². The lowest BCUT2D eigenvalue weighted by Gasteiger charge is -2.05. The van der Waals surface area contributed by atoms with E-state index in [1.54, 1.807) is 6.07 Å². The van der Waals surface area contributed by atoms with E-state index >= 15 is 0 Å². The number of halogens is 2. The molecule has 0 unspecified atom stereocenters. The third-order valence-electron chi connectivity index (χ3n) is 3.71. The first-order valence-electron chi connectivity index (χ1n) is 6.83. The summed E-state index contributed by atoms with van der Waals surface area (Å²) in [5, 5.41) is 4.35. The maximum absolute atomic E-state index is 13.2. The van der Waals surface area contributed by atoms with Gasteiger partial charge in [0.1, 0.15) is 11.6 Å². The van der Waals surface area contributed by atoms with E-state index in [-0.39, 0.29) is 18.0 Å². The van der Waals surface area contributed by atoms with Gasteiger partial charge in [-0.15, -0.1) is 0 Å². The molecule has 1 aromatic carbocycles. The summed E-state index contributed by atoms with van der Waals surface area (Å²) in [6.07, 6.45) is 1.37. The highest BCUT2D eigenvalue weighted by molar-refractivity contribution is 9.10. The number of aromatic nitrogens is 2. The molecule has 0 saturated heterocycles. The maximum atomic E-state index is 13.2. The Morgan fingerprint density at radius 3 is 2.71 bits per heavy atom. The van der Waals surface area contributed by atoms with Crippen molar-refractivity contribution in [2.45, 2.75) is 33.1 Å². The molecule has 0 aliphatic heterocycles. The fourth-order valence-corrected chi connectivity index (χ4v) is 2.81. The normalized spacial score (nSPS) is 10.9. The fraction of sp³-hybridized carbons (Fsp3) is 0.375. The molecule has 2 rings (SSSR count). The summed E-state index contributed by atoms with van der Waals surface area (Å²) < 4.78 is 15.8. The van der Waals surface area contributed by atoms with Crippen molar-refractivity contribution in [3.63, 3.8) is 0 Å². The van der Waals surface area contributed by atoms with Gasteiger partial charge in [0.25, 0.3) is 0 Å². The lowest BCUT2D eigenvalue weighted by atomic mass is 10.0. The lowest BCUT2D eigenvalue weighted by Crippen LogP contribution is -2.06. The molecule has 0 saturated carbocycles. The van der Waals surface area contributed by atoms with E-state index in [0.29, 0.717) is 18.4 Å². The molecule has 0 fully saturated rings. The second-order valence-electron chi connectivity index (χ2n) is 5.22. The van der Waals surface area contributed by atoms with Gasteiger partial charge in [-0.1, -0.05) is 15.9 Å². The van der Waals surface area contributed by atoms with Crippen molar-refractivity contribution >= 4 is 21.7 Å². The van der Waals surface area contributed by atoms with Crippen LogP contribution < -0.4 is 0 Å². The molecule has 3 nitrogen and oxygen atoms in total. The summed E-state index contributed by atoms with van der Waals surface area (Å²) in [7, 11) is 1.90. The van der Waals surface area contributed by atoms with Gasteiger partial charge in [0.15, 0.2) is 0 Å². The molecule has 0 N–H and O–H groups in total. The molecular formula is C16H18BrFN2O. The molecule has 0 radical (unpaired) electrons. The number of aryl methyl sites for hydroxylation is 2. The summed E-state index contributed by atoms with van der Waals surface area (Å²) in [6, 6.07) is 4.41. The maximum Gasteiger partial charge on any atom is 0.137 e. The largest absolute Gasteiger partial charge is 0.299 e. The molecule has 0 atom stereocenters. The van der Waals surface area contributed by atoms with Gasteiger partial charge in [0.2, 0.25) is 0 Å². The fourth-order valence-electron chi connectivity index (χ4n) is 2.42. The van der Waals surface area contributed by atoms with Crippen molar-refractivity contribution in [2.75, 3.05) is 0 Å². The molecule has 112 valence electrons.